The molecule has 2 N–H and O–H groups in total. The number of rotatable bonds is 4. The Morgan fingerprint density at radius 3 is 2.35 bits per heavy atom. The van der Waals surface area contributed by atoms with E-state index in [1.165, 1.54) is 0 Å². The van der Waals surface area contributed by atoms with Gasteiger partial charge < -0.3 is 19.9 Å². The first-order valence-corrected chi connectivity index (χ1v) is 10.5. The molecule has 2 aromatic rings. The predicted octanol–water partition coefficient (Wildman–Crippen LogP) is 2.35. The van der Waals surface area contributed by atoms with Gasteiger partial charge in [-0.1, -0.05) is 11.6 Å². The van der Waals surface area contributed by atoms with Crippen LogP contribution in [0.25, 0.3) is 0 Å². The number of anilines is 2. The van der Waals surface area contributed by atoms with Gasteiger partial charge in [-0.15, -0.1) is 0 Å². The second-order valence-corrected chi connectivity index (χ2v) is 7.83. The van der Waals surface area contributed by atoms with E-state index in [0.29, 0.717) is 29.8 Å². The topological polar surface area (TPSA) is 86.3 Å². The number of hydrogen-bond donors (Lipinski definition) is 2. The zero-order valence-corrected chi connectivity index (χ0v) is 17.9. The summed E-state index contributed by atoms with van der Waals surface area (Å²) in [4.78, 5) is 33.7. The molecule has 2 aliphatic rings. The Morgan fingerprint density at radius 1 is 1.06 bits per heavy atom. The minimum Gasteiger partial charge on any atom is -0.497 e. The molecule has 0 spiro atoms. The van der Waals surface area contributed by atoms with E-state index in [0.717, 1.165) is 24.5 Å². The van der Waals surface area contributed by atoms with Crippen LogP contribution in [0.15, 0.2) is 53.5 Å². The highest BCUT2D eigenvalue weighted by atomic mass is 35.5. The Kier molecular flexibility index (Phi) is 6.27. The van der Waals surface area contributed by atoms with Crippen molar-refractivity contribution in [2.24, 2.45) is 4.99 Å². The number of halogens is 1. The number of carbonyl (C=O) groups excluding carboxylic acids is 2. The van der Waals surface area contributed by atoms with Crippen LogP contribution < -0.4 is 20.3 Å². The quantitative estimate of drug-likeness (QED) is 0.760. The Labute approximate surface area is 185 Å². The fourth-order valence-corrected chi connectivity index (χ4v) is 3.74. The highest BCUT2D eigenvalue weighted by Gasteiger charge is 2.30. The maximum absolute atomic E-state index is 12.6. The molecule has 8 nitrogen and oxygen atoms in total. The minimum atomic E-state index is -0.765. The molecular formula is C22H24ClN5O3. The number of benzene rings is 2. The van der Waals surface area contributed by atoms with E-state index in [4.69, 9.17) is 16.3 Å². The van der Waals surface area contributed by atoms with E-state index >= 15 is 0 Å². The van der Waals surface area contributed by atoms with Crippen LogP contribution in [-0.2, 0) is 9.59 Å². The molecule has 4 rings (SSSR count). The molecule has 0 radical (unpaired) electrons. The van der Waals surface area contributed by atoms with E-state index in [1.807, 2.05) is 29.2 Å². The molecule has 2 aromatic carbocycles. The van der Waals surface area contributed by atoms with Gasteiger partial charge in [0, 0.05) is 42.6 Å². The summed E-state index contributed by atoms with van der Waals surface area (Å²) in [6.45, 7) is 2.94. The molecule has 1 atom stereocenters. The van der Waals surface area contributed by atoms with Gasteiger partial charge in [-0.25, -0.2) is 4.99 Å². The Hall–Kier alpha value is -3.26. The number of aliphatic imine (C=N–C) groups is 1. The lowest BCUT2D eigenvalue weighted by atomic mass is 10.1. The van der Waals surface area contributed by atoms with Crippen LogP contribution in [0.3, 0.4) is 0 Å². The normalized spacial score (nSPS) is 18.8. The predicted molar refractivity (Wildman–Crippen MR) is 121 cm³/mol. The van der Waals surface area contributed by atoms with Gasteiger partial charge in [0.2, 0.25) is 17.8 Å². The molecule has 9 heteroatoms. The fourth-order valence-electron chi connectivity index (χ4n) is 3.62. The number of piperazine rings is 1. The van der Waals surface area contributed by atoms with Crippen LogP contribution in [0.5, 0.6) is 5.75 Å². The summed E-state index contributed by atoms with van der Waals surface area (Å²) in [5, 5.41) is 6.20. The lowest BCUT2D eigenvalue weighted by molar-refractivity contribution is -0.125. The van der Waals surface area contributed by atoms with Crippen LogP contribution >= 0.6 is 11.6 Å². The summed E-state index contributed by atoms with van der Waals surface area (Å²) in [6.07, 6.45) is 0.0226. The number of ether oxygens (including phenoxy) is 1. The van der Waals surface area contributed by atoms with Crippen molar-refractivity contribution in [3.8, 4) is 5.75 Å². The third-order valence-electron chi connectivity index (χ3n) is 5.34. The SMILES string of the molecule is COc1ccc(N2CCN(C3=NC(C(=O)Nc4ccc(Cl)cc4)CC(=O)N3)CC2)cc1. The first-order chi connectivity index (χ1) is 15.0. The maximum Gasteiger partial charge on any atom is 0.249 e. The minimum absolute atomic E-state index is 0.0226. The molecule has 0 bridgehead atoms. The first-order valence-electron chi connectivity index (χ1n) is 10.1. The van der Waals surface area contributed by atoms with E-state index < -0.39 is 6.04 Å². The van der Waals surface area contributed by atoms with Crippen molar-refractivity contribution in [2.45, 2.75) is 12.5 Å². The lowest BCUT2D eigenvalue weighted by Crippen LogP contribution is -2.56. The number of carbonyl (C=O) groups is 2. The molecule has 162 valence electrons. The highest BCUT2D eigenvalue weighted by molar-refractivity contribution is 6.30. The molecule has 2 heterocycles. The number of nitrogens with zero attached hydrogens (tertiary/aromatic N) is 3. The summed E-state index contributed by atoms with van der Waals surface area (Å²) < 4.78 is 5.21. The fraction of sp³-hybridized carbons (Fsp3) is 0.318. The van der Waals surface area contributed by atoms with Gasteiger partial charge in [0.25, 0.3) is 0 Å². The maximum atomic E-state index is 12.6. The summed E-state index contributed by atoms with van der Waals surface area (Å²) in [5.74, 6) is 0.761. The van der Waals surface area contributed by atoms with Gasteiger partial charge in [-0.05, 0) is 48.5 Å². The zero-order valence-electron chi connectivity index (χ0n) is 17.2. The van der Waals surface area contributed by atoms with Crippen molar-refractivity contribution < 1.29 is 14.3 Å². The average Bonchev–Trinajstić information content (AvgIpc) is 2.80. The first kappa shape index (κ1) is 21.0. The molecular weight excluding hydrogens is 418 g/mol. The molecule has 2 aliphatic heterocycles. The van der Waals surface area contributed by atoms with Crippen LogP contribution in [0.1, 0.15) is 6.42 Å². The number of amides is 2. The standard InChI is InChI=1S/C22H24ClN5O3/c1-31-18-8-6-17(7-9-18)27-10-12-28(13-11-27)22-25-19(14-20(29)26-22)21(30)24-16-4-2-15(23)3-5-16/h2-9,19H,10-14H2,1H3,(H,24,30)(H,25,26,29). The molecule has 1 saturated heterocycles. The van der Waals surface area contributed by atoms with Gasteiger partial charge in [-0.3, -0.25) is 14.9 Å². The van der Waals surface area contributed by atoms with Crippen LogP contribution in [0.4, 0.5) is 11.4 Å². The number of methoxy groups -OCH3 is 1. The molecule has 2 amide bonds. The van der Waals surface area contributed by atoms with Gasteiger partial charge in [0.15, 0.2) is 0 Å². The number of nitrogens with one attached hydrogen (secondary N) is 2. The van der Waals surface area contributed by atoms with Crippen LogP contribution in [0.2, 0.25) is 5.02 Å². The van der Waals surface area contributed by atoms with Crippen molar-refractivity contribution in [2.75, 3.05) is 43.5 Å². The second kappa shape index (κ2) is 9.26. The van der Waals surface area contributed by atoms with E-state index in [1.54, 1.807) is 31.4 Å². The zero-order chi connectivity index (χ0) is 21.8. The summed E-state index contributed by atoms with van der Waals surface area (Å²) >= 11 is 5.88. The van der Waals surface area contributed by atoms with Crippen molar-refractivity contribution in [1.82, 2.24) is 10.2 Å². The number of guanidine groups is 1. The van der Waals surface area contributed by atoms with Crippen molar-refractivity contribution in [3.63, 3.8) is 0 Å². The highest BCUT2D eigenvalue weighted by Crippen LogP contribution is 2.21. The third-order valence-corrected chi connectivity index (χ3v) is 5.59. The lowest BCUT2D eigenvalue weighted by Gasteiger charge is -2.38. The Bertz CT molecular complexity index is 970. The van der Waals surface area contributed by atoms with Crippen LogP contribution in [-0.4, -0.2) is 62.0 Å². The summed E-state index contributed by atoms with van der Waals surface area (Å²) in [7, 11) is 1.65. The molecule has 31 heavy (non-hydrogen) atoms. The molecule has 0 aromatic heterocycles. The third kappa shape index (κ3) is 5.08. The van der Waals surface area contributed by atoms with Gasteiger partial charge in [0.1, 0.15) is 11.8 Å². The summed E-state index contributed by atoms with van der Waals surface area (Å²) in [6, 6.07) is 14.0. The Balaban J connectivity index is 1.39. The summed E-state index contributed by atoms with van der Waals surface area (Å²) in [5.41, 5.74) is 1.74. The van der Waals surface area contributed by atoms with Gasteiger partial charge in [0.05, 0.1) is 13.5 Å². The molecule has 1 fully saturated rings. The second-order valence-electron chi connectivity index (χ2n) is 7.39. The average molecular weight is 442 g/mol. The van der Waals surface area contributed by atoms with Crippen molar-refractivity contribution in [3.05, 3.63) is 53.6 Å². The monoisotopic (exact) mass is 441 g/mol. The van der Waals surface area contributed by atoms with E-state index in [9.17, 15) is 9.59 Å². The molecule has 0 saturated carbocycles. The van der Waals surface area contributed by atoms with Gasteiger partial charge >= 0.3 is 0 Å². The smallest absolute Gasteiger partial charge is 0.249 e. The van der Waals surface area contributed by atoms with Crippen LogP contribution in [0, 0.1) is 0 Å². The van der Waals surface area contributed by atoms with E-state index in [2.05, 4.69) is 20.5 Å². The van der Waals surface area contributed by atoms with Crippen molar-refractivity contribution >= 4 is 40.7 Å². The van der Waals surface area contributed by atoms with Crippen molar-refractivity contribution in [1.29, 1.82) is 0 Å². The Morgan fingerprint density at radius 2 is 1.71 bits per heavy atom. The van der Waals surface area contributed by atoms with Gasteiger partial charge in [-0.2, -0.15) is 0 Å². The number of hydrogen-bond acceptors (Lipinski definition) is 6. The largest absolute Gasteiger partial charge is 0.497 e. The molecule has 0 aliphatic carbocycles. The molecule has 1 unspecified atom stereocenters. The van der Waals surface area contributed by atoms with E-state index in [-0.39, 0.29) is 18.2 Å².